The van der Waals surface area contributed by atoms with Crippen LogP contribution in [0.5, 0.6) is 0 Å². The van der Waals surface area contributed by atoms with E-state index in [4.69, 9.17) is 0 Å². The molecule has 2 aliphatic rings. The average Bonchev–Trinajstić information content (AvgIpc) is 2.59. The third-order valence-corrected chi connectivity index (χ3v) is 4.06. The van der Waals surface area contributed by atoms with E-state index in [1.54, 1.807) is 0 Å². The first kappa shape index (κ1) is 11.7. The lowest BCUT2D eigenvalue weighted by atomic mass is 9.88. The van der Waals surface area contributed by atoms with Gasteiger partial charge in [0.15, 0.2) is 6.54 Å². The van der Waals surface area contributed by atoms with Crippen molar-refractivity contribution in [1.82, 2.24) is 0 Å². The van der Waals surface area contributed by atoms with Crippen LogP contribution in [0.3, 0.4) is 0 Å². The molecule has 2 atom stereocenters. The molecule has 0 N–H and O–H groups in total. The molecule has 1 saturated carbocycles. The molecule has 0 amide bonds. The zero-order valence-electron chi connectivity index (χ0n) is 9.99. The predicted molar refractivity (Wildman–Crippen MR) is 62.3 cm³/mol. The minimum absolute atomic E-state index is 0.00639. The van der Waals surface area contributed by atoms with Gasteiger partial charge in [-0.05, 0) is 25.7 Å². The molecule has 1 heterocycles. The van der Waals surface area contributed by atoms with Gasteiger partial charge in [0.2, 0.25) is 6.04 Å². The summed E-state index contributed by atoms with van der Waals surface area (Å²) in [6.45, 7) is 0.633. The van der Waals surface area contributed by atoms with Crippen LogP contribution in [0.2, 0.25) is 0 Å². The third-order valence-electron chi connectivity index (χ3n) is 4.06. The highest BCUT2D eigenvalue weighted by atomic mass is 16.3. The number of nitrogens with zero attached hydrogens (tertiary/aromatic N) is 1. The first-order valence-corrected chi connectivity index (χ1v) is 6.75. The van der Waals surface area contributed by atoms with E-state index in [1.165, 1.54) is 4.76 Å². The lowest BCUT2D eigenvalue weighted by Crippen LogP contribution is -2.36. The second-order valence-corrected chi connectivity index (χ2v) is 5.23. The van der Waals surface area contributed by atoms with Crippen molar-refractivity contribution in [2.24, 2.45) is 5.92 Å². The highest BCUT2D eigenvalue weighted by Gasteiger charge is 2.39. The van der Waals surface area contributed by atoms with Crippen molar-refractivity contribution in [1.29, 1.82) is 0 Å². The Kier molecular flexibility index (Phi) is 4.08. The van der Waals surface area contributed by atoms with Crippen molar-refractivity contribution in [3.63, 3.8) is 0 Å². The second-order valence-electron chi connectivity index (χ2n) is 5.23. The van der Waals surface area contributed by atoms with E-state index in [-0.39, 0.29) is 12.0 Å². The van der Waals surface area contributed by atoms with Crippen molar-refractivity contribution >= 4 is 5.78 Å². The van der Waals surface area contributed by atoms with Crippen molar-refractivity contribution in [2.45, 2.75) is 63.8 Å². The molecule has 0 radical (unpaired) electrons. The Morgan fingerprint density at radius 1 is 0.938 bits per heavy atom. The highest BCUT2D eigenvalue weighted by Crippen LogP contribution is 2.28. The van der Waals surface area contributed by atoms with Gasteiger partial charge in [-0.2, -0.15) is 0 Å². The van der Waals surface area contributed by atoms with Crippen molar-refractivity contribution in [3.05, 3.63) is 4.91 Å². The van der Waals surface area contributed by atoms with E-state index in [0.717, 1.165) is 51.4 Å². The summed E-state index contributed by atoms with van der Waals surface area (Å²) in [5.74, 6) is 0.392. The van der Waals surface area contributed by atoms with E-state index in [9.17, 15) is 9.70 Å². The first-order valence-electron chi connectivity index (χ1n) is 6.75. The largest absolute Gasteiger partial charge is 0.299 e. The van der Waals surface area contributed by atoms with Gasteiger partial charge < -0.3 is 0 Å². The molecule has 16 heavy (non-hydrogen) atoms. The monoisotopic (exact) mass is 224 g/mol. The Bertz CT molecular complexity index is 247. The van der Waals surface area contributed by atoms with Gasteiger partial charge in [-0.1, -0.05) is 12.8 Å². The van der Waals surface area contributed by atoms with Crippen LogP contribution in [0.1, 0.15) is 57.8 Å². The molecule has 1 saturated heterocycles. The van der Waals surface area contributed by atoms with Gasteiger partial charge in [0, 0.05) is 28.9 Å². The van der Waals surface area contributed by atoms with E-state index in [0.29, 0.717) is 18.7 Å². The summed E-state index contributed by atoms with van der Waals surface area (Å²) in [7, 11) is 0. The van der Waals surface area contributed by atoms with Crippen LogP contribution < -0.4 is 0 Å². The van der Waals surface area contributed by atoms with Gasteiger partial charge in [-0.25, -0.2) is 0 Å². The molecule has 0 aromatic heterocycles. The fourth-order valence-electron chi connectivity index (χ4n) is 3.10. The molecule has 0 bridgehead atoms. The molecule has 1 aliphatic heterocycles. The number of hydrogen-bond acceptors (Lipinski definition) is 2. The highest BCUT2D eigenvalue weighted by molar-refractivity contribution is 5.81. The molecule has 3 heteroatoms. The summed E-state index contributed by atoms with van der Waals surface area (Å²) in [5, 5.41) is 0. The van der Waals surface area contributed by atoms with Crippen LogP contribution in [0.15, 0.2) is 0 Å². The van der Waals surface area contributed by atoms with Crippen LogP contribution in [0.25, 0.3) is 0 Å². The van der Waals surface area contributed by atoms with E-state index in [1.807, 2.05) is 0 Å². The van der Waals surface area contributed by atoms with Crippen LogP contribution in [0.4, 0.5) is 0 Å². The molecular weight excluding hydrogens is 202 g/mol. The maximum Gasteiger partial charge on any atom is 0.211 e. The van der Waals surface area contributed by atoms with Gasteiger partial charge in [0.1, 0.15) is 5.78 Å². The molecular formula is C13H22NO2+. The van der Waals surface area contributed by atoms with Gasteiger partial charge >= 0.3 is 0 Å². The summed E-state index contributed by atoms with van der Waals surface area (Å²) in [4.78, 5) is 23.9. The number of hydrogen-bond donors (Lipinski definition) is 0. The fourth-order valence-corrected chi connectivity index (χ4v) is 3.10. The summed E-state index contributed by atoms with van der Waals surface area (Å²) in [6.07, 6.45) is 9.16. The number of nitroso groups, excluding NO2 is 1. The fraction of sp³-hybridized carbons (Fsp3) is 0.923. The molecule has 2 fully saturated rings. The molecule has 90 valence electrons. The molecule has 1 aliphatic carbocycles. The molecule has 3 nitrogen and oxygen atoms in total. The molecule has 2 unspecified atom stereocenters. The minimum atomic E-state index is -0.00639. The molecule has 0 spiro atoms. The van der Waals surface area contributed by atoms with Crippen LogP contribution >= 0.6 is 0 Å². The average molecular weight is 224 g/mol. The predicted octanol–water partition coefficient (Wildman–Crippen LogP) is 2.86. The Labute approximate surface area is 97.2 Å². The third kappa shape index (κ3) is 2.69. The van der Waals surface area contributed by atoms with Crippen LogP contribution in [-0.4, -0.2) is 23.1 Å². The SMILES string of the molecule is O=C1CCCCCC1C1CCCCC[N+]1=O. The number of Topliss-reactive ketones (excluding diaryl/α,β-unsaturated/α-hetero) is 1. The zero-order valence-corrected chi connectivity index (χ0v) is 9.99. The topological polar surface area (TPSA) is 37.1 Å². The van der Waals surface area contributed by atoms with Gasteiger partial charge in [-0.3, -0.25) is 4.79 Å². The van der Waals surface area contributed by atoms with Crippen molar-refractivity contribution < 1.29 is 9.55 Å². The Morgan fingerprint density at radius 3 is 2.56 bits per heavy atom. The Hall–Kier alpha value is -0.730. The van der Waals surface area contributed by atoms with E-state index in [2.05, 4.69) is 0 Å². The van der Waals surface area contributed by atoms with Gasteiger partial charge in [-0.15, -0.1) is 0 Å². The molecule has 0 aromatic rings. The Balaban J connectivity index is 2.07. The number of carbonyl (C=O) groups is 1. The van der Waals surface area contributed by atoms with E-state index < -0.39 is 0 Å². The van der Waals surface area contributed by atoms with Gasteiger partial charge in [0.25, 0.3) is 0 Å². The summed E-state index contributed by atoms with van der Waals surface area (Å²) in [6, 6.07) is -0.00639. The normalized spacial score (nSPS) is 33.2. The second kappa shape index (κ2) is 5.55. The molecule has 0 aromatic carbocycles. The van der Waals surface area contributed by atoms with E-state index >= 15 is 0 Å². The first-order chi connectivity index (χ1) is 7.79. The van der Waals surface area contributed by atoms with Gasteiger partial charge in [0.05, 0.1) is 5.92 Å². The maximum absolute atomic E-state index is 12.0. The van der Waals surface area contributed by atoms with Crippen LogP contribution in [-0.2, 0) is 4.79 Å². The van der Waals surface area contributed by atoms with Crippen molar-refractivity contribution in [3.8, 4) is 0 Å². The number of ketones is 1. The summed E-state index contributed by atoms with van der Waals surface area (Å²) in [5.41, 5.74) is 0. The summed E-state index contributed by atoms with van der Waals surface area (Å²) < 4.78 is 1.21. The number of rotatable bonds is 1. The zero-order chi connectivity index (χ0) is 11.4. The minimum Gasteiger partial charge on any atom is -0.299 e. The van der Waals surface area contributed by atoms with Crippen LogP contribution in [0, 0.1) is 10.8 Å². The smallest absolute Gasteiger partial charge is 0.211 e. The standard InChI is InChI=1S/C13H22NO2/c15-13-9-5-1-3-7-11(13)12-8-4-2-6-10-14(12)16/h11-12H,1-10H2/q+1. The molecule has 2 rings (SSSR count). The van der Waals surface area contributed by atoms with Crippen molar-refractivity contribution in [2.75, 3.05) is 6.54 Å². The quantitative estimate of drug-likeness (QED) is 0.507. The lowest BCUT2D eigenvalue weighted by Gasteiger charge is -2.16. The summed E-state index contributed by atoms with van der Waals surface area (Å²) >= 11 is 0. The Morgan fingerprint density at radius 2 is 1.69 bits per heavy atom. The lowest BCUT2D eigenvalue weighted by molar-refractivity contribution is -0.590. The maximum atomic E-state index is 12.0. The number of carbonyl (C=O) groups excluding carboxylic acids is 1.